The summed E-state index contributed by atoms with van der Waals surface area (Å²) in [4.78, 5) is 3.74. The molecule has 1 aliphatic rings. The van der Waals surface area contributed by atoms with Gasteiger partial charge in [-0.2, -0.15) is 9.40 Å². The zero-order chi connectivity index (χ0) is 17.3. The molecule has 3 rings (SSSR count). The minimum Gasteiger partial charge on any atom is -0.383 e. The second kappa shape index (κ2) is 6.67. The molecule has 1 fully saturated rings. The molecule has 0 aliphatic carbocycles. The highest BCUT2D eigenvalue weighted by atomic mass is 35.5. The lowest BCUT2D eigenvalue weighted by molar-refractivity contribution is -0.00259. The highest BCUT2D eigenvalue weighted by molar-refractivity contribution is 7.89. The Morgan fingerprint density at radius 2 is 2.25 bits per heavy atom. The van der Waals surface area contributed by atoms with Crippen molar-refractivity contribution in [3.05, 3.63) is 35.2 Å². The molecule has 0 aromatic carbocycles. The number of ether oxygens (including phenoxy) is 1. The summed E-state index contributed by atoms with van der Waals surface area (Å²) in [5, 5.41) is 4.42. The third kappa shape index (κ3) is 3.25. The molecule has 1 aliphatic heterocycles. The van der Waals surface area contributed by atoms with E-state index in [9.17, 15) is 8.42 Å². The van der Waals surface area contributed by atoms with Crippen molar-refractivity contribution in [3.8, 4) is 0 Å². The molecule has 3 heterocycles. The highest BCUT2D eigenvalue weighted by Gasteiger charge is 2.33. The van der Waals surface area contributed by atoms with Crippen LogP contribution in [0.25, 0.3) is 0 Å². The van der Waals surface area contributed by atoms with Gasteiger partial charge in [-0.25, -0.2) is 13.4 Å². The fourth-order valence-electron chi connectivity index (χ4n) is 2.54. The Kier molecular flexibility index (Phi) is 4.77. The number of hydrogen-bond acceptors (Lipinski definition) is 6. The number of nitrogen functional groups attached to an aromatic ring is 1. The van der Waals surface area contributed by atoms with Crippen LogP contribution in [-0.2, 0) is 21.3 Å². The van der Waals surface area contributed by atoms with E-state index in [-0.39, 0.29) is 41.5 Å². The first-order valence-electron chi connectivity index (χ1n) is 7.47. The van der Waals surface area contributed by atoms with Crippen molar-refractivity contribution in [1.29, 1.82) is 0 Å². The molecule has 8 nitrogen and oxygen atoms in total. The Morgan fingerprint density at radius 3 is 2.96 bits per heavy atom. The van der Waals surface area contributed by atoms with Gasteiger partial charge in [0.15, 0.2) is 0 Å². The van der Waals surface area contributed by atoms with Gasteiger partial charge in [-0.3, -0.25) is 4.68 Å². The maximum atomic E-state index is 12.9. The summed E-state index contributed by atoms with van der Waals surface area (Å²) < 4.78 is 34.6. The maximum absolute atomic E-state index is 12.9. The summed E-state index contributed by atoms with van der Waals surface area (Å²) in [6, 6.07) is 1.32. The molecule has 24 heavy (non-hydrogen) atoms. The van der Waals surface area contributed by atoms with Gasteiger partial charge in [-0.05, 0) is 13.0 Å². The second-order valence-corrected chi connectivity index (χ2v) is 7.73. The molecule has 2 aromatic heterocycles. The van der Waals surface area contributed by atoms with Crippen molar-refractivity contribution >= 4 is 27.4 Å². The summed E-state index contributed by atoms with van der Waals surface area (Å²) in [5.74, 6) is -0.0683. The molecule has 1 unspecified atom stereocenters. The average Bonchev–Trinajstić information content (AvgIpc) is 3.06. The molecule has 1 atom stereocenters. The van der Waals surface area contributed by atoms with Gasteiger partial charge in [-0.1, -0.05) is 11.6 Å². The largest absolute Gasteiger partial charge is 0.383 e. The molecule has 1 saturated heterocycles. The molecule has 0 radical (unpaired) electrons. The molecule has 0 spiro atoms. The number of halogens is 1. The lowest BCUT2D eigenvalue weighted by Crippen LogP contribution is -2.42. The number of pyridine rings is 1. The van der Waals surface area contributed by atoms with Gasteiger partial charge >= 0.3 is 0 Å². The van der Waals surface area contributed by atoms with Gasteiger partial charge in [-0.15, -0.1) is 0 Å². The van der Waals surface area contributed by atoms with E-state index in [1.54, 1.807) is 10.9 Å². The Labute approximate surface area is 145 Å². The molecule has 2 N–H and O–H groups in total. The number of morpholine rings is 1. The zero-order valence-corrected chi connectivity index (χ0v) is 14.7. The van der Waals surface area contributed by atoms with Crippen molar-refractivity contribution < 1.29 is 13.2 Å². The van der Waals surface area contributed by atoms with Gasteiger partial charge < -0.3 is 10.5 Å². The fraction of sp³-hybridized carbons (Fsp3) is 0.429. The summed E-state index contributed by atoms with van der Waals surface area (Å²) in [7, 11) is -3.80. The van der Waals surface area contributed by atoms with Crippen LogP contribution in [0.15, 0.2) is 29.6 Å². The number of aromatic nitrogens is 3. The Morgan fingerprint density at radius 1 is 1.46 bits per heavy atom. The minimum absolute atomic E-state index is 0.0683. The molecule has 0 bridgehead atoms. The van der Waals surface area contributed by atoms with E-state index in [0.717, 1.165) is 12.1 Å². The molecule has 0 amide bonds. The Balaban J connectivity index is 1.87. The Bertz CT molecular complexity index is 839. The van der Waals surface area contributed by atoms with Crippen LogP contribution >= 0.6 is 11.6 Å². The molecular weight excluding hydrogens is 354 g/mol. The summed E-state index contributed by atoms with van der Waals surface area (Å²) in [6.07, 6.45) is 4.49. The normalized spacial score (nSPS) is 19.5. The standard InChI is InChI=1S/C14H18ClN5O3S/c1-2-19-8-10(6-18-19)12-9-20(3-4-23-12)24(21,22)13-5-11(15)7-17-14(13)16/h5-8,12H,2-4,9H2,1H3,(H2,16,17). The van der Waals surface area contributed by atoms with E-state index in [0.29, 0.717) is 0 Å². The lowest BCUT2D eigenvalue weighted by Gasteiger charge is -2.31. The number of nitrogens with two attached hydrogens (primary N) is 1. The van der Waals surface area contributed by atoms with E-state index >= 15 is 0 Å². The van der Waals surface area contributed by atoms with E-state index < -0.39 is 10.0 Å². The van der Waals surface area contributed by atoms with Gasteiger partial charge in [0.05, 0.1) is 23.9 Å². The third-order valence-electron chi connectivity index (χ3n) is 3.84. The minimum atomic E-state index is -3.80. The van der Waals surface area contributed by atoms with Crippen molar-refractivity contribution in [2.75, 3.05) is 25.4 Å². The Hall–Kier alpha value is -1.68. The highest BCUT2D eigenvalue weighted by Crippen LogP contribution is 2.29. The fourth-order valence-corrected chi connectivity index (χ4v) is 4.28. The van der Waals surface area contributed by atoms with Crippen molar-refractivity contribution in [2.45, 2.75) is 24.5 Å². The number of rotatable bonds is 4. The van der Waals surface area contributed by atoms with E-state index in [2.05, 4.69) is 10.1 Å². The number of anilines is 1. The van der Waals surface area contributed by atoms with Crippen LogP contribution in [0, 0.1) is 0 Å². The lowest BCUT2D eigenvalue weighted by atomic mass is 10.2. The molecule has 10 heteroatoms. The number of hydrogen-bond donors (Lipinski definition) is 1. The number of aryl methyl sites for hydroxylation is 1. The van der Waals surface area contributed by atoms with Gasteiger partial charge in [0.2, 0.25) is 10.0 Å². The first kappa shape index (κ1) is 17.2. The van der Waals surface area contributed by atoms with E-state index in [1.807, 2.05) is 13.1 Å². The summed E-state index contributed by atoms with van der Waals surface area (Å²) >= 11 is 5.87. The zero-order valence-electron chi connectivity index (χ0n) is 13.1. The number of nitrogens with zero attached hydrogens (tertiary/aromatic N) is 4. The van der Waals surface area contributed by atoms with Crippen molar-refractivity contribution in [1.82, 2.24) is 19.1 Å². The van der Waals surface area contributed by atoms with E-state index in [1.165, 1.54) is 16.6 Å². The SMILES string of the molecule is CCn1cc(C2CN(S(=O)(=O)c3cc(Cl)cnc3N)CCO2)cn1. The number of sulfonamides is 1. The quantitative estimate of drug-likeness (QED) is 0.868. The first-order valence-corrected chi connectivity index (χ1v) is 9.28. The van der Waals surface area contributed by atoms with Crippen LogP contribution in [0.1, 0.15) is 18.6 Å². The van der Waals surface area contributed by atoms with Crippen LogP contribution in [0.4, 0.5) is 5.82 Å². The van der Waals surface area contributed by atoms with Crippen LogP contribution in [0.2, 0.25) is 5.02 Å². The van der Waals surface area contributed by atoms with Crippen LogP contribution < -0.4 is 5.73 Å². The predicted octanol–water partition coefficient (Wildman–Crippen LogP) is 1.30. The third-order valence-corrected chi connectivity index (χ3v) is 5.95. The summed E-state index contributed by atoms with van der Waals surface area (Å²) in [5.41, 5.74) is 6.57. The van der Waals surface area contributed by atoms with Crippen LogP contribution in [0.3, 0.4) is 0 Å². The van der Waals surface area contributed by atoms with E-state index in [4.69, 9.17) is 22.1 Å². The van der Waals surface area contributed by atoms with Gasteiger partial charge in [0.1, 0.15) is 10.7 Å². The predicted molar refractivity (Wildman–Crippen MR) is 89.0 cm³/mol. The average molecular weight is 372 g/mol. The molecule has 2 aromatic rings. The molecule has 130 valence electrons. The topological polar surface area (TPSA) is 103 Å². The van der Waals surface area contributed by atoms with Crippen LogP contribution in [-0.4, -0.2) is 47.2 Å². The monoisotopic (exact) mass is 371 g/mol. The smallest absolute Gasteiger partial charge is 0.246 e. The summed E-state index contributed by atoms with van der Waals surface area (Å²) in [6.45, 7) is 3.43. The van der Waals surface area contributed by atoms with Gasteiger partial charge in [0.25, 0.3) is 0 Å². The molecule has 0 saturated carbocycles. The maximum Gasteiger partial charge on any atom is 0.246 e. The van der Waals surface area contributed by atoms with Crippen LogP contribution in [0.5, 0.6) is 0 Å². The molecular formula is C14H18ClN5O3S. The second-order valence-electron chi connectivity index (χ2n) is 5.39. The van der Waals surface area contributed by atoms with Crippen molar-refractivity contribution in [3.63, 3.8) is 0 Å². The van der Waals surface area contributed by atoms with Gasteiger partial charge in [0, 0.05) is 37.6 Å². The van der Waals surface area contributed by atoms with Crippen molar-refractivity contribution in [2.24, 2.45) is 0 Å². The first-order chi connectivity index (χ1) is 11.4.